The molecule has 0 aromatic rings. The Morgan fingerprint density at radius 1 is 1.31 bits per heavy atom. The van der Waals surface area contributed by atoms with Crippen LogP contribution in [0.4, 0.5) is 0 Å². The van der Waals surface area contributed by atoms with E-state index in [4.69, 9.17) is 5.11 Å². The van der Waals surface area contributed by atoms with Crippen LogP contribution in [0.1, 0.15) is 33.6 Å². The van der Waals surface area contributed by atoms with Crippen molar-refractivity contribution < 1.29 is 18.3 Å². The van der Waals surface area contributed by atoms with E-state index in [-0.39, 0.29) is 24.0 Å². The molecule has 0 amide bonds. The van der Waals surface area contributed by atoms with Crippen molar-refractivity contribution in [2.45, 2.75) is 33.6 Å². The summed E-state index contributed by atoms with van der Waals surface area (Å²) in [5.74, 6) is -1.07. The third-order valence-corrected chi connectivity index (χ3v) is 3.85. The van der Waals surface area contributed by atoms with Gasteiger partial charge in [0.2, 0.25) is 10.0 Å². The predicted octanol–water partition coefficient (Wildman–Crippen LogP) is 1.16. The summed E-state index contributed by atoms with van der Waals surface area (Å²) in [4.78, 5) is 10.3. The summed E-state index contributed by atoms with van der Waals surface area (Å²) in [5.41, 5.74) is -0.103. The van der Waals surface area contributed by atoms with E-state index in [2.05, 4.69) is 0 Å². The van der Waals surface area contributed by atoms with Gasteiger partial charge in [0, 0.05) is 20.0 Å². The molecule has 0 aromatic heterocycles. The van der Waals surface area contributed by atoms with Gasteiger partial charge in [0.1, 0.15) is 0 Å². The molecule has 0 aromatic carbocycles. The van der Waals surface area contributed by atoms with Crippen LogP contribution >= 0.6 is 0 Å². The van der Waals surface area contributed by atoms with E-state index >= 15 is 0 Å². The molecule has 0 atom stereocenters. The Kier molecular flexibility index (Phi) is 5.41. The highest BCUT2D eigenvalue weighted by Gasteiger charge is 2.23. The first-order valence-corrected chi connectivity index (χ1v) is 6.81. The van der Waals surface area contributed by atoms with Gasteiger partial charge in [-0.25, -0.2) is 12.7 Å². The quantitative estimate of drug-likeness (QED) is 0.768. The van der Waals surface area contributed by atoms with Crippen molar-refractivity contribution in [3.05, 3.63) is 0 Å². The minimum atomic E-state index is -3.32. The highest BCUT2D eigenvalue weighted by molar-refractivity contribution is 7.89. The van der Waals surface area contributed by atoms with Crippen LogP contribution in [0.15, 0.2) is 0 Å². The standard InChI is InChI=1S/C10H21NO4S/c1-10(2,3)8-11(4)16(14,15)7-5-6-9(12)13/h5-8H2,1-4H3,(H,12,13). The summed E-state index contributed by atoms with van der Waals surface area (Å²) in [6.07, 6.45) is 0.0503. The summed E-state index contributed by atoms with van der Waals surface area (Å²) >= 11 is 0. The number of hydrogen-bond acceptors (Lipinski definition) is 3. The topological polar surface area (TPSA) is 74.7 Å². The molecule has 0 bridgehead atoms. The smallest absolute Gasteiger partial charge is 0.303 e. The Balaban J connectivity index is 4.27. The van der Waals surface area contributed by atoms with E-state index in [1.165, 1.54) is 11.4 Å². The monoisotopic (exact) mass is 251 g/mol. The van der Waals surface area contributed by atoms with Gasteiger partial charge >= 0.3 is 5.97 Å². The molecule has 0 saturated heterocycles. The number of rotatable bonds is 6. The molecule has 0 fully saturated rings. The van der Waals surface area contributed by atoms with Gasteiger partial charge in [0.15, 0.2) is 0 Å². The van der Waals surface area contributed by atoms with Gasteiger partial charge in [0.25, 0.3) is 0 Å². The molecule has 0 aliphatic heterocycles. The van der Waals surface area contributed by atoms with E-state index in [1.54, 1.807) is 0 Å². The average molecular weight is 251 g/mol. The zero-order valence-corrected chi connectivity index (χ0v) is 11.2. The maximum absolute atomic E-state index is 11.7. The number of carboxylic acids is 1. The van der Waals surface area contributed by atoms with Gasteiger partial charge in [-0.3, -0.25) is 4.79 Å². The summed E-state index contributed by atoms with van der Waals surface area (Å²) in [6.45, 7) is 6.30. The Morgan fingerprint density at radius 2 is 1.81 bits per heavy atom. The van der Waals surface area contributed by atoms with E-state index < -0.39 is 16.0 Å². The fourth-order valence-electron chi connectivity index (χ4n) is 1.33. The molecule has 0 aliphatic carbocycles. The molecule has 0 spiro atoms. The normalized spacial score (nSPS) is 13.1. The number of nitrogens with zero attached hydrogens (tertiary/aromatic N) is 1. The molecule has 0 aliphatic rings. The minimum Gasteiger partial charge on any atom is -0.481 e. The lowest BCUT2D eigenvalue weighted by atomic mass is 9.97. The Labute approximate surface area is 97.5 Å². The van der Waals surface area contributed by atoms with Gasteiger partial charge in [0.05, 0.1) is 5.75 Å². The number of aliphatic carboxylic acids is 1. The molecule has 0 heterocycles. The molecular formula is C10H21NO4S. The van der Waals surface area contributed by atoms with E-state index in [0.717, 1.165) is 0 Å². The largest absolute Gasteiger partial charge is 0.481 e. The van der Waals surface area contributed by atoms with Crippen LogP contribution in [-0.2, 0) is 14.8 Å². The van der Waals surface area contributed by atoms with Crippen LogP contribution in [0, 0.1) is 5.41 Å². The molecule has 5 nitrogen and oxygen atoms in total. The first kappa shape index (κ1) is 15.4. The maximum atomic E-state index is 11.7. The summed E-state index contributed by atoms with van der Waals surface area (Å²) in [6, 6.07) is 0. The number of carboxylic acid groups (broad SMARTS) is 1. The molecule has 6 heteroatoms. The van der Waals surface area contributed by atoms with Crippen LogP contribution in [-0.4, -0.2) is 43.1 Å². The van der Waals surface area contributed by atoms with Crippen molar-refractivity contribution in [3.63, 3.8) is 0 Å². The van der Waals surface area contributed by atoms with Gasteiger partial charge in [-0.2, -0.15) is 0 Å². The van der Waals surface area contributed by atoms with Gasteiger partial charge in [-0.1, -0.05) is 20.8 Å². The fraction of sp³-hybridized carbons (Fsp3) is 0.900. The molecule has 16 heavy (non-hydrogen) atoms. The third-order valence-electron chi connectivity index (χ3n) is 1.96. The Morgan fingerprint density at radius 3 is 2.19 bits per heavy atom. The first-order valence-electron chi connectivity index (χ1n) is 5.20. The van der Waals surface area contributed by atoms with Gasteiger partial charge in [-0.15, -0.1) is 0 Å². The van der Waals surface area contributed by atoms with E-state index in [9.17, 15) is 13.2 Å². The van der Waals surface area contributed by atoms with E-state index in [1.807, 2.05) is 20.8 Å². The van der Waals surface area contributed by atoms with Crippen LogP contribution in [0.5, 0.6) is 0 Å². The minimum absolute atomic E-state index is 0.103. The van der Waals surface area contributed by atoms with Crippen molar-refractivity contribution in [1.82, 2.24) is 4.31 Å². The molecule has 0 rings (SSSR count). The SMILES string of the molecule is CN(CC(C)(C)C)S(=O)(=O)CCCC(=O)O. The zero-order chi connectivity index (χ0) is 13.0. The maximum Gasteiger partial charge on any atom is 0.303 e. The molecule has 0 radical (unpaired) electrons. The molecule has 0 unspecified atom stereocenters. The Bertz CT molecular complexity index is 329. The van der Waals surface area contributed by atoms with Crippen molar-refractivity contribution >= 4 is 16.0 Å². The first-order chi connectivity index (χ1) is 7.04. The fourth-order valence-corrected chi connectivity index (χ4v) is 2.73. The predicted molar refractivity (Wildman–Crippen MR) is 62.7 cm³/mol. The molecular weight excluding hydrogens is 230 g/mol. The number of carbonyl (C=O) groups is 1. The second-order valence-electron chi connectivity index (χ2n) is 5.13. The van der Waals surface area contributed by atoms with Gasteiger partial charge in [-0.05, 0) is 11.8 Å². The highest BCUT2D eigenvalue weighted by atomic mass is 32.2. The summed E-state index contributed by atoms with van der Waals surface area (Å²) in [5, 5.41) is 8.43. The number of hydrogen-bond donors (Lipinski definition) is 1. The number of sulfonamides is 1. The summed E-state index contributed by atoms with van der Waals surface area (Å²) in [7, 11) is -1.79. The van der Waals surface area contributed by atoms with Crippen molar-refractivity contribution in [1.29, 1.82) is 0 Å². The lowest BCUT2D eigenvalue weighted by Gasteiger charge is -2.25. The zero-order valence-electron chi connectivity index (χ0n) is 10.4. The molecule has 1 N–H and O–H groups in total. The summed E-state index contributed by atoms with van der Waals surface area (Å²) < 4.78 is 24.7. The van der Waals surface area contributed by atoms with E-state index in [0.29, 0.717) is 6.54 Å². The second-order valence-corrected chi connectivity index (χ2v) is 7.33. The second kappa shape index (κ2) is 5.63. The lowest BCUT2D eigenvalue weighted by Crippen LogP contribution is -2.36. The molecule has 96 valence electrons. The highest BCUT2D eigenvalue weighted by Crippen LogP contribution is 2.16. The van der Waals surface area contributed by atoms with Crippen molar-refractivity contribution in [2.75, 3.05) is 19.3 Å². The van der Waals surface area contributed by atoms with Crippen LogP contribution in [0.3, 0.4) is 0 Å². The van der Waals surface area contributed by atoms with Crippen LogP contribution in [0.2, 0.25) is 0 Å². The van der Waals surface area contributed by atoms with Gasteiger partial charge < -0.3 is 5.11 Å². The Hall–Kier alpha value is -0.620. The van der Waals surface area contributed by atoms with Crippen molar-refractivity contribution in [3.8, 4) is 0 Å². The van der Waals surface area contributed by atoms with Crippen molar-refractivity contribution in [2.24, 2.45) is 5.41 Å². The van der Waals surface area contributed by atoms with Crippen LogP contribution in [0.25, 0.3) is 0 Å². The lowest BCUT2D eigenvalue weighted by molar-refractivity contribution is -0.137. The van der Waals surface area contributed by atoms with Crippen LogP contribution < -0.4 is 0 Å². The molecule has 0 saturated carbocycles. The third kappa shape index (κ3) is 6.79. The average Bonchev–Trinajstić information content (AvgIpc) is 1.99.